The largest absolute Gasteiger partial charge is 0.370 e. The Labute approximate surface area is 100 Å². The second kappa shape index (κ2) is 5.64. The molecule has 16 heavy (non-hydrogen) atoms. The summed E-state index contributed by atoms with van der Waals surface area (Å²) in [6.45, 7) is 2.64. The predicted octanol–water partition coefficient (Wildman–Crippen LogP) is 3.38. The van der Waals surface area contributed by atoms with E-state index in [2.05, 4.69) is 10.1 Å². The number of halogens is 1. The lowest BCUT2D eigenvalue weighted by Crippen LogP contribution is -2.20. The van der Waals surface area contributed by atoms with Crippen LogP contribution in [0.25, 0.3) is 0 Å². The van der Waals surface area contributed by atoms with Crippen LogP contribution < -0.4 is 0 Å². The van der Waals surface area contributed by atoms with Gasteiger partial charge in [0.2, 0.25) is 5.82 Å². The third-order valence-corrected chi connectivity index (χ3v) is 3.25. The lowest BCUT2D eigenvalue weighted by molar-refractivity contribution is -0.00145. The highest BCUT2D eigenvalue weighted by atomic mass is 35.5. The number of rotatable bonds is 4. The van der Waals surface area contributed by atoms with E-state index in [0.717, 1.165) is 0 Å². The zero-order valence-corrected chi connectivity index (χ0v) is 10.2. The maximum absolute atomic E-state index is 5.74. The van der Waals surface area contributed by atoms with Crippen molar-refractivity contribution < 1.29 is 9.26 Å². The van der Waals surface area contributed by atoms with Crippen molar-refractivity contribution in [2.45, 2.75) is 45.1 Å². The van der Waals surface area contributed by atoms with Crippen molar-refractivity contribution in [3.8, 4) is 0 Å². The maximum Gasteiger partial charge on any atom is 0.320 e. The summed E-state index contributed by atoms with van der Waals surface area (Å²) in [5.74, 6) is 1.10. The Morgan fingerprint density at radius 2 is 2.19 bits per heavy atom. The molecule has 1 saturated carbocycles. The Morgan fingerprint density at radius 1 is 1.44 bits per heavy atom. The van der Waals surface area contributed by atoms with Gasteiger partial charge >= 0.3 is 5.35 Å². The zero-order chi connectivity index (χ0) is 11.4. The molecular weight excluding hydrogens is 228 g/mol. The molecule has 0 amide bonds. The van der Waals surface area contributed by atoms with Crippen LogP contribution in [0.5, 0.6) is 0 Å². The van der Waals surface area contributed by atoms with Gasteiger partial charge in [-0.25, -0.2) is 0 Å². The van der Waals surface area contributed by atoms with E-state index >= 15 is 0 Å². The summed E-state index contributed by atoms with van der Waals surface area (Å²) in [6.07, 6.45) is 6.15. The topological polar surface area (TPSA) is 48.2 Å². The second-order valence-electron chi connectivity index (χ2n) is 4.18. The van der Waals surface area contributed by atoms with E-state index in [1.807, 2.05) is 6.92 Å². The van der Waals surface area contributed by atoms with Crippen molar-refractivity contribution in [3.05, 3.63) is 11.2 Å². The molecule has 1 atom stereocenters. The predicted molar refractivity (Wildman–Crippen MR) is 60.3 cm³/mol. The highest BCUT2D eigenvalue weighted by Crippen LogP contribution is 2.35. The molecule has 0 bridgehead atoms. The first-order chi connectivity index (χ1) is 7.81. The van der Waals surface area contributed by atoms with Gasteiger partial charge in [0.15, 0.2) is 0 Å². The molecule has 4 nitrogen and oxygen atoms in total. The van der Waals surface area contributed by atoms with Crippen molar-refractivity contribution in [2.75, 3.05) is 6.61 Å². The fourth-order valence-electron chi connectivity index (χ4n) is 2.37. The van der Waals surface area contributed by atoms with Crippen LogP contribution in [0.3, 0.4) is 0 Å². The van der Waals surface area contributed by atoms with Crippen LogP contribution in [0.1, 0.15) is 51.0 Å². The van der Waals surface area contributed by atoms with Crippen molar-refractivity contribution >= 4 is 11.6 Å². The molecule has 0 aliphatic heterocycles. The van der Waals surface area contributed by atoms with Gasteiger partial charge in [-0.15, -0.1) is 0 Å². The molecule has 1 fully saturated rings. The van der Waals surface area contributed by atoms with Crippen LogP contribution in [0.15, 0.2) is 4.52 Å². The average molecular weight is 245 g/mol. The monoisotopic (exact) mass is 244 g/mol. The third kappa shape index (κ3) is 2.74. The number of ether oxygens (including phenoxy) is 1. The quantitative estimate of drug-likeness (QED) is 0.815. The van der Waals surface area contributed by atoms with Crippen molar-refractivity contribution in [1.29, 1.82) is 0 Å². The highest BCUT2D eigenvalue weighted by Gasteiger charge is 2.29. The molecule has 1 aromatic heterocycles. The van der Waals surface area contributed by atoms with Crippen molar-refractivity contribution in [1.82, 2.24) is 10.1 Å². The van der Waals surface area contributed by atoms with Gasteiger partial charge < -0.3 is 9.26 Å². The summed E-state index contributed by atoms with van der Waals surface area (Å²) in [6, 6.07) is 0. The number of nitrogens with zero attached hydrogens (tertiary/aromatic N) is 2. The molecule has 0 saturated heterocycles. The number of aromatic nitrogens is 2. The molecule has 1 heterocycles. The lowest BCUT2D eigenvalue weighted by Gasteiger charge is -2.27. The van der Waals surface area contributed by atoms with Crippen LogP contribution in [-0.4, -0.2) is 16.7 Å². The molecule has 90 valence electrons. The number of hydrogen-bond acceptors (Lipinski definition) is 4. The normalized spacial score (nSPS) is 19.9. The van der Waals surface area contributed by atoms with E-state index in [9.17, 15) is 0 Å². The van der Waals surface area contributed by atoms with Crippen molar-refractivity contribution in [3.63, 3.8) is 0 Å². The molecule has 0 N–H and O–H groups in total. The first kappa shape index (κ1) is 11.9. The summed E-state index contributed by atoms with van der Waals surface area (Å²) < 4.78 is 10.5. The molecule has 1 aliphatic rings. The first-order valence-corrected chi connectivity index (χ1v) is 6.29. The van der Waals surface area contributed by atoms with Crippen molar-refractivity contribution in [2.24, 2.45) is 5.92 Å². The van der Waals surface area contributed by atoms with Gasteiger partial charge in [-0.05, 0) is 37.3 Å². The molecule has 1 aromatic rings. The van der Waals surface area contributed by atoms with E-state index in [-0.39, 0.29) is 11.5 Å². The Bertz CT molecular complexity index is 324. The maximum atomic E-state index is 5.74. The Hall–Kier alpha value is -0.610. The van der Waals surface area contributed by atoms with E-state index < -0.39 is 0 Å². The van der Waals surface area contributed by atoms with Crippen LogP contribution >= 0.6 is 11.6 Å². The van der Waals surface area contributed by atoms with E-state index in [1.165, 1.54) is 32.1 Å². The van der Waals surface area contributed by atoms with Gasteiger partial charge in [0.05, 0.1) is 0 Å². The fraction of sp³-hybridized carbons (Fsp3) is 0.818. The summed E-state index contributed by atoms with van der Waals surface area (Å²) in [7, 11) is 0. The van der Waals surface area contributed by atoms with Gasteiger partial charge in [0.1, 0.15) is 6.10 Å². The van der Waals surface area contributed by atoms with E-state index in [4.69, 9.17) is 20.9 Å². The van der Waals surface area contributed by atoms with Crippen LogP contribution in [0, 0.1) is 5.92 Å². The standard InChI is InChI=1S/C11H17ClN2O2/c1-2-15-9(8-6-4-3-5-7-8)10-13-11(12)16-14-10/h8-9H,2-7H2,1H3. The minimum atomic E-state index is -0.0541. The molecule has 5 heteroatoms. The van der Waals surface area contributed by atoms with Gasteiger partial charge in [-0.2, -0.15) is 4.98 Å². The first-order valence-electron chi connectivity index (χ1n) is 5.92. The van der Waals surface area contributed by atoms with E-state index in [0.29, 0.717) is 18.3 Å². The Kier molecular flexibility index (Phi) is 4.18. The van der Waals surface area contributed by atoms with Gasteiger partial charge in [0, 0.05) is 6.61 Å². The smallest absolute Gasteiger partial charge is 0.320 e. The van der Waals surface area contributed by atoms with Gasteiger partial charge in [0.25, 0.3) is 0 Å². The molecular formula is C11H17ClN2O2. The van der Waals surface area contributed by atoms with Crippen LogP contribution in [-0.2, 0) is 4.74 Å². The van der Waals surface area contributed by atoms with E-state index in [1.54, 1.807) is 0 Å². The Morgan fingerprint density at radius 3 is 2.75 bits per heavy atom. The van der Waals surface area contributed by atoms with Crippen LogP contribution in [0.4, 0.5) is 0 Å². The average Bonchev–Trinajstić information content (AvgIpc) is 2.74. The van der Waals surface area contributed by atoms with Crippen LogP contribution in [0.2, 0.25) is 5.35 Å². The Balaban J connectivity index is 2.09. The summed E-state index contributed by atoms with van der Waals surface area (Å²) in [5.41, 5.74) is 0. The summed E-state index contributed by atoms with van der Waals surface area (Å²) in [4.78, 5) is 4.07. The summed E-state index contributed by atoms with van der Waals surface area (Å²) in [5, 5.41) is 3.96. The molecule has 1 unspecified atom stereocenters. The van der Waals surface area contributed by atoms with Gasteiger partial charge in [-0.3, -0.25) is 0 Å². The third-order valence-electron chi connectivity index (χ3n) is 3.10. The lowest BCUT2D eigenvalue weighted by atomic mass is 9.85. The molecule has 0 aromatic carbocycles. The summed E-state index contributed by atoms with van der Waals surface area (Å²) >= 11 is 5.65. The highest BCUT2D eigenvalue weighted by molar-refractivity contribution is 6.27. The minimum Gasteiger partial charge on any atom is -0.370 e. The molecule has 1 aliphatic carbocycles. The molecule has 0 radical (unpaired) electrons. The SMILES string of the molecule is CCOC(c1noc(Cl)n1)C1CCCCC1. The zero-order valence-electron chi connectivity index (χ0n) is 9.49. The van der Waals surface area contributed by atoms with Gasteiger partial charge in [-0.1, -0.05) is 24.4 Å². The second-order valence-corrected chi connectivity index (χ2v) is 4.50. The molecule has 2 rings (SSSR count). The minimum absolute atomic E-state index is 0.0541. The fourth-order valence-corrected chi connectivity index (χ4v) is 2.49. The molecule has 0 spiro atoms. The number of hydrogen-bond donors (Lipinski definition) is 0.